The molecular weight excluding hydrogens is 204 g/mol. The second-order valence-corrected chi connectivity index (χ2v) is 4.52. The van der Waals surface area contributed by atoms with E-state index in [1.54, 1.807) is 16.7 Å². The Morgan fingerprint density at radius 2 is 2.36 bits per heavy atom. The number of aliphatic hydroxyl groups is 1. The van der Waals surface area contributed by atoms with E-state index in [4.69, 9.17) is 5.11 Å². The molecule has 2 amide bonds. The molecular formula is C8H12N2O3S. The van der Waals surface area contributed by atoms with E-state index in [-0.39, 0.29) is 24.5 Å². The van der Waals surface area contributed by atoms with Crippen molar-refractivity contribution in [1.82, 2.24) is 10.2 Å². The highest BCUT2D eigenvalue weighted by molar-refractivity contribution is 7.99. The molecule has 0 spiro atoms. The van der Waals surface area contributed by atoms with Crippen LogP contribution >= 0.6 is 11.8 Å². The lowest BCUT2D eigenvalue weighted by Crippen LogP contribution is -2.66. The fourth-order valence-electron chi connectivity index (χ4n) is 1.74. The van der Waals surface area contributed by atoms with Crippen LogP contribution in [0.3, 0.4) is 0 Å². The molecule has 0 aromatic carbocycles. The minimum absolute atomic E-state index is 0.143. The van der Waals surface area contributed by atoms with Crippen molar-refractivity contribution in [1.29, 1.82) is 0 Å². The number of hydrogen-bond donors (Lipinski definition) is 2. The van der Waals surface area contributed by atoms with Gasteiger partial charge in [0.05, 0.1) is 6.61 Å². The first-order valence-corrected chi connectivity index (χ1v) is 5.69. The fourth-order valence-corrected chi connectivity index (χ4v) is 2.79. The summed E-state index contributed by atoms with van der Waals surface area (Å²) in [5, 5.41) is 11.4. The zero-order valence-corrected chi connectivity index (χ0v) is 8.42. The SMILES string of the molecule is O=C1NC(CO)C(=O)N2CCSC[C@H]12. The van der Waals surface area contributed by atoms with Gasteiger partial charge in [-0.15, -0.1) is 0 Å². The Morgan fingerprint density at radius 1 is 1.57 bits per heavy atom. The molecule has 2 rings (SSSR count). The quantitative estimate of drug-likeness (QED) is 0.555. The maximum atomic E-state index is 11.7. The average molecular weight is 216 g/mol. The van der Waals surface area contributed by atoms with Gasteiger partial charge in [0, 0.05) is 18.1 Å². The van der Waals surface area contributed by atoms with Gasteiger partial charge in [0.1, 0.15) is 12.1 Å². The van der Waals surface area contributed by atoms with Gasteiger partial charge in [-0.3, -0.25) is 9.59 Å². The first kappa shape index (κ1) is 9.79. The first-order chi connectivity index (χ1) is 6.74. The predicted molar refractivity (Wildman–Crippen MR) is 51.8 cm³/mol. The van der Waals surface area contributed by atoms with Crippen molar-refractivity contribution in [3.05, 3.63) is 0 Å². The summed E-state index contributed by atoms with van der Waals surface area (Å²) in [6, 6.07) is -1.06. The van der Waals surface area contributed by atoms with Gasteiger partial charge in [0.25, 0.3) is 0 Å². The molecule has 2 heterocycles. The highest BCUT2D eigenvalue weighted by Crippen LogP contribution is 2.20. The molecule has 0 bridgehead atoms. The van der Waals surface area contributed by atoms with Crippen LogP contribution in [0, 0.1) is 0 Å². The molecule has 0 aromatic heterocycles. The summed E-state index contributed by atoms with van der Waals surface area (Å²) in [6.07, 6.45) is 0. The Labute approximate surface area is 85.8 Å². The van der Waals surface area contributed by atoms with E-state index in [0.29, 0.717) is 12.3 Å². The zero-order chi connectivity index (χ0) is 10.1. The highest BCUT2D eigenvalue weighted by Gasteiger charge is 2.41. The minimum atomic E-state index is -0.734. The summed E-state index contributed by atoms with van der Waals surface area (Å²) in [4.78, 5) is 24.8. The van der Waals surface area contributed by atoms with E-state index in [9.17, 15) is 9.59 Å². The summed E-state index contributed by atoms with van der Waals surface area (Å²) in [5.41, 5.74) is 0. The van der Waals surface area contributed by atoms with Crippen LogP contribution in [0.5, 0.6) is 0 Å². The molecule has 1 unspecified atom stereocenters. The topological polar surface area (TPSA) is 69.6 Å². The summed E-state index contributed by atoms with van der Waals surface area (Å²) in [6.45, 7) is 0.291. The van der Waals surface area contributed by atoms with E-state index in [1.165, 1.54) is 0 Å². The Kier molecular flexibility index (Phi) is 2.64. The fraction of sp³-hybridized carbons (Fsp3) is 0.750. The lowest BCUT2D eigenvalue weighted by atomic mass is 10.1. The molecule has 2 aliphatic heterocycles. The van der Waals surface area contributed by atoms with Gasteiger partial charge in [-0.05, 0) is 0 Å². The molecule has 78 valence electrons. The van der Waals surface area contributed by atoms with Gasteiger partial charge in [-0.2, -0.15) is 11.8 Å². The summed E-state index contributed by atoms with van der Waals surface area (Å²) in [5.74, 6) is 1.23. The third-order valence-electron chi connectivity index (χ3n) is 2.51. The van der Waals surface area contributed by atoms with Gasteiger partial charge in [0.15, 0.2) is 0 Å². The van der Waals surface area contributed by atoms with Gasteiger partial charge in [0.2, 0.25) is 11.8 Å². The Hall–Kier alpha value is -0.750. The molecule has 5 nitrogen and oxygen atoms in total. The number of hydrogen-bond acceptors (Lipinski definition) is 4. The highest BCUT2D eigenvalue weighted by atomic mass is 32.2. The molecule has 0 aliphatic carbocycles. The predicted octanol–water partition coefficient (Wildman–Crippen LogP) is -1.58. The van der Waals surface area contributed by atoms with E-state index >= 15 is 0 Å². The van der Waals surface area contributed by atoms with E-state index < -0.39 is 6.04 Å². The van der Waals surface area contributed by atoms with Crippen LogP contribution in [0.15, 0.2) is 0 Å². The zero-order valence-electron chi connectivity index (χ0n) is 7.60. The van der Waals surface area contributed by atoms with Crippen molar-refractivity contribution in [3.63, 3.8) is 0 Å². The lowest BCUT2D eigenvalue weighted by molar-refractivity contribution is -0.149. The van der Waals surface area contributed by atoms with Gasteiger partial charge < -0.3 is 15.3 Å². The molecule has 14 heavy (non-hydrogen) atoms. The second kappa shape index (κ2) is 3.78. The number of carbonyl (C=O) groups is 2. The molecule has 0 saturated carbocycles. The normalized spacial score (nSPS) is 32.5. The molecule has 6 heteroatoms. The number of aliphatic hydroxyl groups excluding tert-OH is 1. The molecule has 0 radical (unpaired) electrons. The number of thioether (sulfide) groups is 1. The molecule has 2 N–H and O–H groups in total. The molecule has 2 atom stereocenters. The third kappa shape index (κ3) is 1.48. The van der Waals surface area contributed by atoms with Crippen LogP contribution in [0.2, 0.25) is 0 Å². The average Bonchev–Trinajstić information content (AvgIpc) is 2.23. The Balaban J connectivity index is 2.17. The smallest absolute Gasteiger partial charge is 0.248 e. The molecule has 2 fully saturated rings. The first-order valence-electron chi connectivity index (χ1n) is 4.53. The molecule has 2 aliphatic rings. The van der Waals surface area contributed by atoms with Gasteiger partial charge >= 0.3 is 0 Å². The van der Waals surface area contributed by atoms with Crippen molar-refractivity contribution >= 4 is 23.6 Å². The van der Waals surface area contributed by atoms with E-state index in [0.717, 1.165) is 5.75 Å². The van der Waals surface area contributed by atoms with Crippen LogP contribution in [0.4, 0.5) is 0 Å². The van der Waals surface area contributed by atoms with Crippen LogP contribution in [0.25, 0.3) is 0 Å². The van der Waals surface area contributed by atoms with Gasteiger partial charge in [-0.1, -0.05) is 0 Å². The number of piperazine rings is 1. The number of rotatable bonds is 1. The summed E-state index contributed by atoms with van der Waals surface area (Å²) in [7, 11) is 0. The molecule has 2 saturated heterocycles. The number of fused-ring (bicyclic) bond motifs is 1. The van der Waals surface area contributed by atoms with Crippen molar-refractivity contribution < 1.29 is 14.7 Å². The Bertz CT molecular complexity index is 271. The standard InChI is InChI=1S/C8H12N2O3S/c11-3-5-8(13)10-1-2-14-4-6(10)7(12)9-5/h5-6,11H,1-4H2,(H,9,12)/t5?,6-/m1/s1. The number of carbonyl (C=O) groups excluding carboxylic acids is 2. The summed E-state index contributed by atoms with van der Waals surface area (Å²) >= 11 is 1.68. The van der Waals surface area contributed by atoms with Crippen molar-refractivity contribution in [2.24, 2.45) is 0 Å². The number of amides is 2. The second-order valence-electron chi connectivity index (χ2n) is 3.37. The lowest BCUT2D eigenvalue weighted by Gasteiger charge is -2.40. The third-order valence-corrected chi connectivity index (χ3v) is 3.53. The van der Waals surface area contributed by atoms with Crippen LogP contribution in [0.1, 0.15) is 0 Å². The van der Waals surface area contributed by atoms with E-state index in [2.05, 4.69) is 5.32 Å². The van der Waals surface area contributed by atoms with Crippen molar-refractivity contribution in [2.45, 2.75) is 12.1 Å². The Morgan fingerprint density at radius 3 is 3.07 bits per heavy atom. The number of nitrogens with one attached hydrogen (secondary N) is 1. The van der Waals surface area contributed by atoms with Crippen LogP contribution in [-0.2, 0) is 9.59 Å². The maximum absolute atomic E-state index is 11.7. The van der Waals surface area contributed by atoms with Crippen LogP contribution in [-0.4, -0.2) is 58.6 Å². The molecule has 0 aromatic rings. The van der Waals surface area contributed by atoms with E-state index in [1.807, 2.05) is 0 Å². The van der Waals surface area contributed by atoms with Crippen LogP contribution < -0.4 is 5.32 Å². The van der Waals surface area contributed by atoms with Gasteiger partial charge in [-0.25, -0.2) is 0 Å². The van der Waals surface area contributed by atoms with Crippen molar-refractivity contribution in [3.8, 4) is 0 Å². The number of nitrogens with zero attached hydrogens (tertiary/aromatic N) is 1. The minimum Gasteiger partial charge on any atom is -0.394 e. The summed E-state index contributed by atoms with van der Waals surface area (Å²) < 4.78 is 0. The maximum Gasteiger partial charge on any atom is 0.248 e. The largest absolute Gasteiger partial charge is 0.394 e. The van der Waals surface area contributed by atoms with Crippen molar-refractivity contribution in [2.75, 3.05) is 24.7 Å². The monoisotopic (exact) mass is 216 g/mol.